The summed E-state index contributed by atoms with van der Waals surface area (Å²) in [5.41, 5.74) is 9.27. The third kappa shape index (κ3) is 3.57. The van der Waals surface area contributed by atoms with Gasteiger partial charge in [-0.05, 0) is 32.9 Å². The summed E-state index contributed by atoms with van der Waals surface area (Å²) >= 11 is 1.63. The van der Waals surface area contributed by atoms with E-state index in [0.29, 0.717) is 18.1 Å². The smallest absolute Gasteiger partial charge is 0.239 e. The van der Waals surface area contributed by atoms with Crippen molar-refractivity contribution in [2.45, 2.75) is 33.4 Å². The maximum atomic E-state index is 5.83. The van der Waals surface area contributed by atoms with Crippen LogP contribution in [-0.4, -0.2) is 16.1 Å². The highest BCUT2D eigenvalue weighted by Crippen LogP contribution is 2.22. The van der Waals surface area contributed by atoms with Gasteiger partial charge in [0.15, 0.2) is 0 Å². The largest absolute Gasteiger partial charge is 0.473 e. The highest BCUT2D eigenvalue weighted by atomic mass is 32.1. The Morgan fingerprint density at radius 2 is 2.21 bits per heavy atom. The minimum atomic E-state index is 0.0498. The first-order chi connectivity index (χ1) is 9.06. The van der Waals surface area contributed by atoms with Gasteiger partial charge in [0.1, 0.15) is 5.82 Å². The lowest BCUT2D eigenvalue weighted by atomic mass is 10.3. The number of rotatable bonds is 5. The van der Waals surface area contributed by atoms with E-state index in [1.165, 1.54) is 4.88 Å². The minimum Gasteiger partial charge on any atom is -0.473 e. The first-order valence-corrected chi connectivity index (χ1v) is 7.00. The van der Waals surface area contributed by atoms with Crippen molar-refractivity contribution < 1.29 is 4.74 Å². The van der Waals surface area contributed by atoms with E-state index in [1.54, 1.807) is 17.4 Å². The molecular formula is C13H18N4OS. The van der Waals surface area contributed by atoms with E-state index >= 15 is 0 Å². The number of nitrogen functional groups attached to an aromatic ring is 1. The fraction of sp³-hybridized carbons (Fsp3) is 0.385. The average molecular weight is 278 g/mol. The van der Waals surface area contributed by atoms with Crippen molar-refractivity contribution >= 4 is 22.8 Å². The Labute approximate surface area is 116 Å². The molecule has 0 unspecified atom stereocenters. The molecule has 5 nitrogen and oxygen atoms in total. The van der Waals surface area contributed by atoms with Gasteiger partial charge in [0.25, 0.3) is 0 Å². The van der Waals surface area contributed by atoms with Crippen molar-refractivity contribution in [3.05, 3.63) is 28.2 Å². The van der Waals surface area contributed by atoms with Crippen LogP contribution in [0.4, 0.5) is 11.5 Å². The molecule has 0 radical (unpaired) electrons. The van der Waals surface area contributed by atoms with E-state index in [9.17, 15) is 0 Å². The number of aromatic nitrogens is 2. The van der Waals surface area contributed by atoms with Gasteiger partial charge in [0.05, 0.1) is 29.5 Å². The number of ether oxygens (including phenoxy) is 1. The van der Waals surface area contributed by atoms with Crippen LogP contribution in [0.1, 0.15) is 24.4 Å². The van der Waals surface area contributed by atoms with Crippen LogP contribution in [0.5, 0.6) is 5.88 Å². The standard InChI is InChI=1S/C13H18N4OS/c1-8(2)18-13-10(14)4-5-12(17-13)15-6-11-9(3)16-7-19-11/h4-5,7-8H,6,14H2,1-3H3,(H,15,17). The SMILES string of the molecule is Cc1ncsc1CNc1ccc(N)c(OC(C)C)n1. The van der Waals surface area contributed by atoms with Crippen LogP contribution in [0.15, 0.2) is 17.6 Å². The highest BCUT2D eigenvalue weighted by molar-refractivity contribution is 7.09. The first kappa shape index (κ1) is 13.6. The van der Waals surface area contributed by atoms with Gasteiger partial charge in [0, 0.05) is 4.88 Å². The van der Waals surface area contributed by atoms with Gasteiger partial charge in [-0.25, -0.2) is 4.98 Å². The molecule has 102 valence electrons. The summed E-state index contributed by atoms with van der Waals surface area (Å²) in [6, 6.07) is 3.64. The number of nitrogens with two attached hydrogens (primary N) is 1. The predicted molar refractivity (Wildman–Crippen MR) is 78.6 cm³/mol. The van der Waals surface area contributed by atoms with Crippen LogP contribution >= 0.6 is 11.3 Å². The first-order valence-electron chi connectivity index (χ1n) is 6.12. The third-order valence-electron chi connectivity index (χ3n) is 2.51. The number of anilines is 2. The number of thiazole rings is 1. The Hall–Kier alpha value is -1.82. The molecule has 3 N–H and O–H groups in total. The molecule has 0 aliphatic heterocycles. The second-order valence-electron chi connectivity index (χ2n) is 4.47. The normalized spacial score (nSPS) is 10.7. The molecule has 0 atom stereocenters. The predicted octanol–water partition coefficient (Wildman–Crippen LogP) is 2.83. The summed E-state index contributed by atoms with van der Waals surface area (Å²) in [6.45, 7) is 6.59. The fourth-order valence-corrected chi connectivity index (χ4v) is 2.25. The van der Waals surface area contributed by atoms with Crippen LogP contribution < -0.4 is 15.8 Å². The average Bonchev–Trinajstić information content (AvgIpc) is 2.75. The van der Waals surface area contributed by atoms with Crippen LogP contribution in [0, 0.1) is 6.92 Å². The minimum absolute atomic E-state index is 0.0498. The van der Waals surface area contributed by atoms with E-state index in [1.807, 2.05) is 32.3 Å². The molecule has 2 heterocycles. The molecule has 19 heavy (non-hydrogen) atoms. The van der Waals surface area contributed by atoms with Gasteiger partial charge in [-0.3, -0.25) is 0 Å². The summed E-state index contributed by atoms with van der Waals surface area (Å²) < 4.78 is 5.56. The summed E-state index contributed by atoms with van der Waals surface area (Å²) in [7, 11) is 0. The maximum absolute atomic E-state index is 5.83. The summed E-state index contributed by atoms with van der Waals surface area (Å²) in [6.07, 6.45) is 0.0498. The van der Waals surface area contributed by atoms with Crippen LogP contribution in [0.2, 0.25) is 0 Å². The summed E-state index contributed by atoms with van der Waals surface area (Å²) in [4.78, 5) is 9.78. The Morgan fingerprint density at radius 1 is 1.42 bits per heavy atom. The van der Waals surface area contributed by atoms with Crippen molar-refractivity contribution in [1.82, 2.24) is 9.97 Å². The molecule has 2 aromatic rings. The number of hydrogen-bond acceptors (Lipinski definition) is 6. The quantitative estimate of drug-likeness (QED) is 0.879. The lowest BCUT2D eigenvalue weighted by molar-refractivity contribution is 0.234. The monoisotopic (exact) mass is 278 g/mol. The molecule has 6 heteroatoms. The number of nitrogens with one attached hydrogen (secondary N) is 1. The van der Waals surface area contributed by atoms with Crippen molar-refractivity contribution in [3.63, 3.8) is 0 Å². The Kier molecular flexibility index (Phi) is 4.21. The van der Waals surface area contributed by atoms with Gasteiger partial charge < -0.3 is 15.8 Å². The molecule has 0 amide bonds. The molecule has 0 spiro atoms. The van der Waals surface area contributed by atoms with Gasteiger partial charge in [-0.2, -0.15) is 4.98 Å². The molecule has 0 bridgehead atoms. The number of hydrogen-bond donors (Lipinski definition) is 2. The van der Waals surface area contributed by atoms with E-state index in [-0.39, 0.29) is 6.10 Å². The molecule has 0 fully saturated rings. The van der Waals surface area contributed by atoms with Crippen molar-refractivity contribution in [2.24, 2.45) is 0 Å². The van der Waals surface area contributed by atoms with E-state index < -0.39 is 0 Å². The zero-order valence-corrected chi connectivity index (χ0v) is 12.1. The van der Waals surface area contributed by atoms with Crippen LogP contribution in [-0.2, 0) is 6.54 Å². The van der Waals surface area contributed by atoms with Crippen molar-refractivity contribution in [2.75, 3.05) is 11.1 Å². The molecule has 2 rings (SSSR count). The van der Waals surface area contributed by atoms with Crippen LogP contribution in [0.3, 0.4) is 0 Å². The Bertz CT molecular complexity index is 553. The third-order valence-corrected chi connectivity index (χ3v) is 3.45. The van der Waals surface area contributed by atoms with Crippen LogP contribution in [0.25, 0.3) is 0 Å². The van der Waals surface area contributed by atoms with E-state index in [0.717, 1.165) is 11.5 Å². The molecule has 0 aliphatic carbocycles. The second-order valence-corrected chi connectivity index (χ2v) is 5.41. The lowest BCUT2D eigenvalue weighted by Gasteiger charge is -2.12. The van der Waals surface area contributed by atoms with Gasteiger partial charge in [0.2, 0.25) is 5.88 Å². The van der Waals surface area contributed by atoms with Gasteiger partial charge in [-0.15, -0.1) is 11.3 Å². The van der Waals surface area contributed by atoms with Crippen molar-refractivity contribution in [3.8, 4) is 5.88 Å². The Morgan fingerprint density at radius 3 is 2.84 bits per heavy atom. The van der Waals surface area contributed by atoms with Gasteiger partial charge >= 0.3 is 0 Å². The Balaban J connectivity index is 2.06. The maximum Gasteiger partial charge on any atom is 0.239 e. The van der Waals surface area contributed by atoms with Gasteiger partial charge in [-0.1, -0.05) is 0 Å². The lowest BCUT2D eigenvalue weighted by Crippen LogP contribution is -2.10. The topological polar surface area (TPSA) is 73.1 Å². The zero-order valence-electron chi connectivity index (χ0n) is 11.3. The second kappa shape index (κ2) is 5.88. The molecule has 0 saturated carbocycles. The summed E-state index contributed by atoms with van der Waals surface area (Å²) in [5, 5.41) is 3.25. The number of pyridine rings is 1. The number of aryl methyl sites for hydroxylation is 1. The highest BCUT2D eigenvalue weighted by Gasteiger charge is 2.07. The molecule has 0 aromatic carbocycles. The van der Waals surface area contributed by atoms with E-state index in [2.05, 4.69) is 15.3 Å². The fourth-order valence-electron chi connectivity index (χ4n) is 1.53. The molecule has 0 saturated heterocycles. The number of nitrogens with zero attached hydrogens (tertiary/aromatic N) is 2. The summed E-state index contributed by atoms with van der Waals surface area (Å²) in [5.74, 6) is 1.22. The molecule has 2 aromatic heterocycles. The molecule has 0 aliphatic rings. The van der Waals surface area contributed by atoms with E-state index in [4.69, 9.17) is 10.5 Å². The van der Waals surface area contributed by atoms with Crippen molar-refractivity contribution in [1.29, 1.82) is 0 Å². The zero-order chi connectivity index (χ0) is 13.8. The molecular weight excluding hydrogens is 260 g/mol.